The first-order chi connectivity index (χ1) is 16.0. The lowest BCUT2D eigenvalue weighted by atomic mass is 9.97. The van der Waals surface area contributed by atoms with E-state index in [1.54, 1.807) is 0 Å². The standard InChI is InChI=1S/C18H32O16/c19-1-4-7(22)10(25)13(28)16(30-4)33-15-12(27)9(24)6(3-21)32-18(15)34-17-14(29)11(26)8(23)5(2-20)31-17/h4-29H,1-3H2/t4-,5-,6-,7-,8-,9-,10+,11+,12+,13-,14-,15-,16+,17+,18+/m0/s1. The first-order valence-electron chi connectivity index (χ1n) is 10.6. The fourth-order valence-corrected chi connectivity index (χ4v) is 3.96. The van der Waals surface area contributed by atoms with Gasteiger partial charge in [0.05, 0.1) is 19.8 Å². The minimum atomic E-state index is -1.88. The van der Waals surface area contributed by atoms with Crippen molar-refractivity contribution in [3.05, 3.63) is 0 Å². The molecular formula is C18H32O16. The Balaban J connectivity index is 1.81. The average Bonchev–Trinajstić information content (AvgIpc) is 2.83. The van der Waals surface area contributed by atoms with Crippen molar-refractivity contribution in [1.29, 1.82) is 0 Å². The van der Waals surface area contributed by atoms with E-state index in [1.807, 2.05) is 0 Å². The average molecular weight is 504 g/mol. The van der Waals surface area contributed by atoms with Gasteiger partial charge < -0.3 is 79.9 Å². The molecule has 16 nitrogen and oxygen atoms in total. The molecule has 0 bridgehead atoms. The molecule has 0 spiro atoms. The molecular weight excluding hydrogens is 472 g/mol. The zero-order valence-electron chi connectivity index (χ0n) is 17.7. The van der Waals surface area contributed by atoms with Gasteiger partial charge in [-0.1, -0.05) is 0 Å². The Hall–Kier alpha value is -0.640. The minimum Gasteiger partial charge on any atom is -0.394 e. The first-order valence-corrected chi connectivity index (χ1v) is 10.6. The van der Waals surface area contributed by atoms with E-state index in [-0.39, 0.29) is 0 Å². The first kappa shape index (κ1) is 27.9. The Morgan fingerprint density at radius 3 is 1.18 bits per heavy atom. The summed E-state index contributed by atoms with van der Waals surface area (Å²) in [6.45, 7) is -2.32. The maximum absolute atomic E-state index is 10.6. The van der Waals surface area contributed by atoms with E-state index >= 15 is 0 Å². The van der Waals surface area contributed by atoms with Crippen molar-refractivity contribution in [2.24, 2.45) is 0 Å². The van der Waals surface area contributed by atoms with Crippen molar-refractivity contribution in [3.8, 4) is 0 Å². The van der Waals surface area contributed by atoms with E-state index in [2.05, 4.69) is 0 Å². The summed E-state index contributed by atoms with van der Waals surface area (Å²) in [6.07, 6.45) is -25.6. The van der Waals surface area contributed by atoms with Crippen molar-refractivity contribution < 1.29 is 79.9 Å². The second-order valence-corrected chi connectivity index (χ2v) is 8.34. The third-order valence-corrected chi connectivity index (χ3v) is 6.08. The molecule has 34 heavy (non-hydrogen) atoms. The van der Waals surface area contributed by atoms with Gasteiger partial charge in [0.25, 0.3) is 0 Å². The molecule has 3 rings (SSSR count). The molecule has 0 radical (unpaired) electrons. The summed E-state index contributed by atoms with van der Waals surface area (Å²) >= 11 is 0. The van der Waals surface area contributed by atoms with Crippen LogP contribution in [0.15, 0.2) is 0 Å². The Bertz CT molecular complexity index is 637. The van der Waals surface area contributed by atoms with Crippen molar-refractivity contribution >= 4 is 0 Å². The van der Waals surface area contributed by atoms with Gasteiger partial charge in [-0.2, -0.15) is 0 Å². The maximum Gasteiger partial charge on any atom is 0.190 e. The van der Waals surface area contributed by atoms with Crippen LogP contribution in [0.2, 0.25) is 0 Å². The summed E-state index contributed by atoms with van der Waals surface area (Å²) in [5.74, 6) is 0. The molecule has 3 heterocycles. The third-order valence-electron chi connectivity index (χ3n) is 6.08. The molecule has 0 aromatic heterocycles. The van der Waals surface area contributed by atoms with E-state index in [1.165, 1.54) is 0 Å². The SMILES string of the molecule is OC[C@@H]1O[C@H](O[C@H]2O[C@@H](CO)[C@H](O)[C@@H](O)[C@@H]2O[C@H]2O[C@@H](CO)[C@H](O)[C@@H](O)[C@@H]2O)[C@@H](O)[C@H](O)[C@H]1O. The van der Waals surface area contributed by atoms with Crippen molar-refractivity contribution in [1.82, 2.24) is 0 Å². The van der Waals surface area contributed by atoms with Gasteiger partial charge >= 0.3 is 0 Å². The molecule has 3 aliphatic heterocycles. The molecule has 0 aliphatic carbocycles. The molecule has 15 atom stereocenters. The van der Waals surface area contributed by atoms with Gasteiger partial charge in [0.15, 0.2) is 18.9 Å². The van der Waals surface area contributed by atoms with Crippen LogP contribution in [0.1, 0.15) is 0 Å². The fourth-order valence-electron chi connectivity index (χ4n) is 3.96. The molecule has 0 aromatic carbocycles. The lowest BCUT2D eigenvalue weighted by molar-refractivity contribution is -0.401. The van der Waals surface area contributed by atoms with Crippen LogP contribution < -0.4 is 0 Å². The monoisotopic (exact) mass is 504 g/mol. The molecule has 11 N–H and O–H groups in total. The zero-order valence-corrected chi connectivity index (χ0v) is 17.7. The van der Waals surface area contributed by atoms with Crippen molar-refractivity contribution in [2.45, 2.75) is 92.1 Å². The molecule has 3 aliphatic rings. The van der Waals surface area contributed by atoms with Crippen LogP contribution in [-0.2, 0) is 23.7 Å². The van der Waals surface area contributed by atoms with Crippen molar-refractivity contribution in [3.63, 3.8) is 0 Å². The number of aliphatic hydroxyl groups is 11. The van der Waals surface area contributed by atoms with Crippen LogP contribution in [0.3, 0.4) is 0 Å². The van der Waals surface area contributed by atoms with Crippen LogP contribution in [0.25, 0.3) is 0 Å². The molecule has 16 heteroatoms. The number of ether oxygens (including phenoxy) is 5. The number of aliphatic hydroxyl groups excluding tert-OH is 11. The smallest absolute Gasteiger partial charge is 0.190 e. The van der Waals surface area contributed by atoms with Gasteiger partial charge in [0, 0.05) is 0 Å². The van der Waals surface area contributed by atoms with Gasteiger partial charge in [-0.05, 0) is 0 Å². The van der Waals surface area contributed by atoms with Gasteiger partial charge in [-0.15, -0.1) is 0 Å². The van der Waals surface area contributed by atoms with Gasteiger partial charge in [-0.25, -0.2) is 0 Å². The van der Waals surface area contributed by atoms with Gasteiger partial charge in [0.2, 0.25) is 0 Å². The highest BCUT2D eigenvalue weighted by Crippen LogP contribution is 2.32. The quantitative estimate of drug-likeness (QED) is 0.154. The highest BCUT2D eigenvalue weighted by atomic mass is 16.8. The number of hydrogen-bond acceptors (Lipinski definition) is 16. The molecule has 0 amide bonds. The van der Waals surface area contributed by atoms with E-state index in [9.17, 15) is 56.2 Å². The van der Waals surface area contributed by atoms with Crippen LogP contribution in [0, 0.1) is 0 Å². The van der Waals surface area contributed by atoms with E-state index < -0.39 is 112 Å². The predicted molar refractivity (Wildman–Crippen MR) is 101 cm³/mol. The Labute approximate surface area is 192 Å². The lowest BCUT2D eigenvalue weighted by Gasteiger charge is -2.47. The largest absolute Gasteiger partial charge is 0.394 e. The normalized spacial score (nSPS) is 52.5. The molecule has 3 saturated heterocycles. The van der Waals surface area contributed by atoms with Crippen LogP contribution in [-0.4, -0.2) is 168 Å². The van der Waals surface area contributed by atoms with Crippen LogP contribution >= 0.6 is 0 Å². The highest BCUT2D eigenvalue weighted by molar-refractivity contribution is 4.95. The second-order valence-electron chi connectivity index (χ2n) is 8.34. The predicted octanol–water partition coefficient (Wildman–Crippen LogP) is -7.57. The van der Waals surface area contributed by atoms with Crippen LogP contribution in [0.5, 0.6) is 0 Å². The zero-order chi connectivity index (χ0) is 25.3. The van der Waals surface area contributed by atoms with Gasteiger partial charge in [0.1, 0.15) is 73.2 Å². The number of hydrogen-bond donors (Lipinski definition) is 11. The Morgan fingerprint density at radius 2 is 0.765 bits per heavy atom. The minimum absolute atomic E-state index is 0.762. The molecule has 200 valence electrons. The Kier molecular flexibility index (Phi) is 9.54. The Morgan fingerprint density at radius 1 is 0.412 bits per heavy atom. The maximum atomic E-state index is 10.6. The fraction of sp³-hybridized carbons (Fsp3) is 1.00. The second kappa shape index (κ2) is 11.6. The lowest BCUT2D eigenvalue weighted by Crippen LogP contribution is -2.66. The molecule has 0 saturated carbocycles. The van der Waals surface area contributed by atoms with E-state index in [0.29, 0.717) is 0 Å². The molecule has 3 fully saturated rings. The highest BCUT2D eigenvalue weighted by Gasteiger charge is 2.53. The van der Waals surface area contributed by atoms with E-state index in [4.69, 9.17) is 23.7 Å². The summed E-state index contributed by atoms with van der Waals surface area (Å²) in [5, 5.41) is 109. The van der Waals surface area contributed by atoms with E-state index in [0.717, 1.165) is 0 Å². The summed E-state index contributed by atoms with van der Waals surface area (Å²) in [6, 6.07) is 0. The number of rotatable bonds is 7. The summed E-state index contributed by atoms with van der Waals surface area (Å²) < 4.78 is 26.8. The summed E-state index contributed by atoms with van der Waals surface area (Å²) in [5.41, 5.74) is 0. The van der Waals surface area contributed by atoms with Crippen molar-refractivity contribution in [2.75, 3.05) is 19.8 Å². The topological polar surface area (TPSA) is 269 Å². The molecule has 0 aromatic rings. The van der Waals surface area contributed by atoms with Gasteiger partial charge in [-0.3, -0.25) is 0 Å². The molecule has 0 unspecified atom stereocenters. The third kappa shape index (κ3) is 5.37. The van der Waals surface area contributed by atoms with Crippen LogP contribution in [0.4, 0.5) is 0 Å². The summed E-state index contributed by atoms with van der Waals surface area (Å²) in [7, 11) is 0. The summed E-state index contributed by atoms with van der Waals surface area (Å²) in [4.78, 5) is 0.